The van der Waals surface area contributed by atoms with Gasteiger partial charge in [-0.2, -0.15) is 0 Å². The number of hydrogen-bond acceptors (Lipinski definition) is 4. The second-order valence-corrected chi connectivity index (χ2v) is 6.89. The summed E-state index contributed by atoms with van der Waals surface area (Å²) in [4.78, 5) is 4.13. The molecule has 0 aromatic carbocycles. The lowest BCUT2D eigenvalue weighted by atomic mass is 9.88. The molecule has 6 heteroatoms. The molecule has 2 N–H and O–H groups in total. The molecule has 0 bridgehead atoms. The number of pyridine rings is 1. The molecule has 5 nitrogen and oxygen atoms in total. The number of rotatable bonds is 4. The van der Waals surface area contributed by atoms with Crippen molar-refractivity contribution in [3.63, 3.8) is 0 Å². The molecular formula is C13H21N3O2S. The second kappa shape index (κ2) is 5.88. The number of sulfonamides is 1. The summed E-state index contributed by atoms with van der Waals surface area (Å²) in [5.41, 5.74) is 0.575. The monoisotopic (exact) mass is 283 g/mol. The van der Waals surface area contributed by atoms with Gasteiger partial charge in [0, 0.05) is 25.5 Å². The Balaban J connectivity index is 2.18. The lowest BCUT2D eigenvalue weighted by Gasteiger charge is -2.27. The van der Waals surface area contributed by atoms with Crippen LogP contribution in [-0.4, -0.2) is 26.5 Å². The second-order valence-electron chi connectivity index (χ2n) is 5.21. The van der Waals surface area contributed by atoms with E-state index in [1.165, 1.54) is 12.6 Å². The third kappa shape index (κ3) is 3.45. The Morgan fingerprint density at radius 2 is 2.16 bits per heavy atom. The van der Waals surface area contributed by atoms with Gasteiger partial charge in [-0.1, -0.05) is 19.8 Å². The van der Waals surface area contributed by atoms with Gasteiger partial charge in [0.25, 0.3) is 0 Å². The van der Waals surface area contributed by atoms with E-state index in [4.69, 9.17) is 0 Å². The molecule has 2 unspecified atom stereocenters. The molecule has 1 aromatic rings. The maximum Gasteiger partial charge on any atom is 0.244 e. The quantitative estimate of drug-likeness (QED) is 0.886. The summed E-state index contributed by atoms with van der Waals surface area (Å²) in [5, 5.41) is 2.89. The smallest absolute Gasteiger partial charge is 0.244 e. The van der Waals surface area contributed by atoms with Crippen LogP contribution in [0.25, 0.3) is 0 Å². The van der Waals surface area contributed by atoms with E-state index < -0.39 is 10.0 Å². The molecule has 0 aliphatic heterocycles. The summed E-state index contributed by atoms with van der Waals surface area (Å²) in [6.45, 7) is 2.17. The van der Waals surface area contributed by atoms with E-state index in [0.29, 0.717) is 11.6 Å². The van der Waals surface area contributed by atoms with Gasteiger partial charge >= 0.3 is 0 Å². The number of hydrogen-bond donors (Lipinski definition) is 2. The van der Waals surface area contributed by atoms with Crippen LogP contribution in [0.5, 0.6) is 0 Å². The molecule has 1 heterocycles. The van der Waals surface area contributed by atoms with Crippen LogP contribution >= 0.6 is 0 Å². The zero-order valence-corrected chi connectivity index (χ0v) is 12.2. The third-order valence-corrected chi connectivity index (χ3v) is 5.15. The SMILES string of the molecule is CNc1ccncc1S(=O)(=O)NC1CCCC(C)C1. The van der Waals surface area contributed by atoms with Crippen molar-refractivity contribution in [1.29, 1.82) is 0 Å². The average molecular weight is 283 g/mol. The fourth-order valence-electron chi connectivity index (χ4n) is 2.62. The molecule has 19 heavy (non-hydrogen) atoms. The first-order valence-electron chi connectivity index (χ1n) is 6.67. The van der Waals surface area contributed by atoms with Gasteiger partial charge in [-0.25, -0.2) is 13.1 Å². The first-order valence-corrected chi connectivity index (χ1v) is 8.15. The average Bonchev–Trinajstić information content (AvgIpc) is 2.38. The maximum atomic E-state index is 12.4. The number of nitrogens with one attached hydrogen (secondary N) is 2. The van der Waals surface area contributed by atoms with Gasteiger partial charge < -0.3 is 5.32 Å². The van der Waals surface area contributed by atoms with Crippen LogP contribution in [0.15, 0.2) is 23.4 Å². The van der Waals surface area contributed by atoms with Gasteiger partial charge in [-0.3, -0.25) is 4.98 Å². The summed E-state index contributed by atoms with van der Waals surface area (Å²) in [6.07, 6.45) is 7.06. The Kier molecular flexibility index (Phi) is 4.42. The highest BCUT2D eigenvalue weighted by atomic mass is 32.2. The van der Waals surface area contributed by atoms with Crippen LogP contribution in [0.2, 0.25) is 0 Å². The zero-order chi connectivity index (χ0) is 13.9. The summed E-state index contributed by atoms with van der Waals surface area (Å²) in [5.74, 6) is 0.583. The minimum Gasteiger partial charge on any atom is -0.387 e. The van der Waals surface area contributed by atoms with Crippen molar-refractivity contribution in [2.24, 2.45) is 5.92 Å². The van der Waals surface area contributed by atoms with Gasteiger partial charge in [-0.15, -0.1) is 0 Å². The third-order valence-electron chi connectivity index (χ3n) is 3.60. The van der Waals surface area contributed by atoms with E-state index in [9.17, 15) is 8.42 Å². The van der Waals surface area contributed by atoms with E-state index in [2.05, 4.69) is 21.9 Å². The van der Waals surface area contributed by atoms with Crippen LogP contribution in [0, 0.1) is 5.92 Å². The van der Waals surface area contributed by atoms with Gasteiger partial charge in [0.2, 0.25) is 10.0 Å². The van der Waals surface area contributed by atoms with Crippen LogP contribution in [0.3, 0.4) is 0 Å². The summed E-state index contributed by atoms with van der Waals surface area (Å²) >= 11 is 0. The summed E-state index contributed by atoms with van der Waals surface area (Å²) in [7, 11) is -1.80. The zero-order valence-electron chi connectivity index (χ0n) is 11.4. The topological polar surface area (TPSA) is 71.1 Å². The lowest BCUT2D eigenvalue weighted by Crippen LogP contribution is -2.38. The highest BCUT2D eigenvalue weighted by molar-refractivity contribution is 7.89. The fraction of sp³-hybridized carbons (Fsp3) is 0.615. The Morgan fingerprint density at radius 1 is 1.37 bits per heavy atom. The van der Waals surface area contributed by atoms with E-state index in [1.54, 1.807) is 19.3 Å². The molecule has 0 radical (unpaired) electrons. The molecule has 1 saturated carbocycles. The Hall–Kier alpha value is -1.14. The number of nitrogens with zero attached hydrogens (tertiary/aromatic N) is 1. The molecule has 0 amide bonds. The van der Waals surface area contributed by atoms with Crippen molar-refractivity contribution in [1.82, 2.24) is 9.71 Å². The molecule has 1 aromatic heterocycles. The molecule has 1 fully saturated rings. The highest BCUT2D eigenvalue weighted by Crippen LogP contribution is 2.26. The van der Waals surface area contributed by atoms with Crippen molar-refractivity contribution in [2.45, 2.75) is 43.5 Å². The summed E-state index contributed by atoms with van der Waals surface area (Å²) in [6, 6.07) is 1.71. The molecule has 2 rings (SSSR count). The van der Waals surface area contributed by atoms with Crippen LogP contribution in [-0.2, 0) is 10.0 Å². The Bertz CT molecular complexity index is 530. The van der Waals surface area contributed by atoms with Gasteiger partial charge in [0.1, 0.15) is 4.90 Å². The maximum absolute atomic E-state index is 12.4. The minimum absolute atomic E-state index is 0.0404. The lowest BCUT2D eigenvalue weighted by molar-refractivity contribution is 0.327. The standard InChI is InChI=1S/C13H21N3O2S/c1-10-4-3-5-11(8-10)16-19(17,18)13-9-15-7-6-12(13)14-2/h6-7,9-11,16H,3-5,8H2,1-2H3,(H,14,15). The molecule has 1 aliphatic rings. The van der Waals surface area contributed by atoms with Crippen molar-refractivity contribution in [3.8, 4) is 0 Å². The molecule has 0 spiro atoms. The molecule has 106 valence electrons. The Labute approximate surface area is 114 Å². The fourth-order valence-corrected chi connectivity index (χ4v) is 4.06. The number of anilines is 1. The van der Waals surface area contributed by atoms with E-state index in [-0.39, 0.29) is 10.9 Å². The van der Waals surface area contributed by atoms with Crippen LogP contribution < -0.4 is 10.0 Å². The normalized spacial score (nSPS) is 24.1. The molecular weight excluding hydrogens is 262 g/mol. The van der Waals surface area contributed by atoms with E-state index >= 15 is 0 Å². The van der Waals surface area contributed by atoms with Gasteiger partial charge in [0.05, 0.1) is 5.69 Å². The van der Waals surface area contributed by atoms with E-state index in [1.807, 2.05) is 0 Å². The summed E-state index contributed by atoms with van der Waals surface area (Å²) < 4.78 is 27.6. The van der Waals surface area contributed by atoms with E-state index in [0.717, 1.165) is 19.3 Å². The van der Waals surface area contributed by atoms with Crippen molar-refractivity contribution in [3.05, 3.63) is 18.5 Å². The van der Waals surface area contributed by atoms with Crippen LogP contribution in [0.1, 0.15) is 32.6 Å². The predicted octanol–water partition coefficient (Wildman–Crippen LogP) is 1.98. The highest BCUT2D eigenvalue weighted by Gasteiger charge is 2.26. The minimum atomic E-state index is -3.50. The first-order chi connectivity index (χ1) is 9.03. The van der Waals surface area contributed by atoms with Crippen molar-refractivity contribution >= 4 is 15.7 Å². The Morgan fingerprint density at radius 3 is 2.84 bits per heavy atom. The van der Waals surface area contributed by atoms with Gasteiger partial charge in [0.15, 0.2) is 0 Å². The largest absolute Gasteiger partial charge is 0.387 e. The molecule has 0 saturated heterocycles. The van der Waals surface area contributed by atoms with Gasteiger partial charge in [-0.05, 0) is 24.8 Å². The molecule has 1 aliphatic carbocycles. The predicted molar refractivity (Wildman–Crippen MR) is 75.5 cm³/mol. The molecule has 2 atom stereocenters. The number of aromatic nitrogens is 1. The van der Waals surface area contributed by atoms with Crippen LogP contribution in [0.4, 0.5) is 5.69 Å². The first kappa shape index (κ1) is 14.3. The van der Waals surface area contributed by atoms with Crippen molar-refractivity contribution < 1.29 is 8.42 Å². The van der Waals surface area contributed by atoms with Crippen molar-refractivity contribution in [2.75, 3.05) is 12.4 Å².